The predicted octanol–water partition coefficient (Wildman–Crippen LogP) is 3.70. The number of aromatic nitrogens is 2. The Hall–Kier alpha value is -2.42. The number of carbonyl (C=O) groups excluding carboxylic acids is 1. The summed E-state index contributed by atoms with van der Waals surface area (Å²) in [5, 5.41) is 2.64. The van der Waals surface area contributed by atoms with Gasteiger partial charge in [0.2, 0.25) is 11.7 Å². The van der Waals surface area contributed by atoms with E-state index in [2.05, 4.69) is 10.3 Å². The van der Waals surface area contributed by atoms with E-state index >= 15 is 0 Å². The molecule has 26 heavy (non-hydrogen) atoms. The number of hydrogen-bond donors (Lipinski definition) is 1. The normalized spacial score (nSPS) is 11.8. The fraction of sp³-hybridized carbons (Fsp3) is 0.294. The number of amides is 1. The molecule has 1 amide bonds. The first kappa shape index (κ1) is 18.4. The number of imidazole rings is 1. The first-order valence-electron chi connectivity index (χ1n) is 7.84. The summed E-state index contributed by atoms with van der Waals surface area (Å²) < 4.78 is 45.7. The van der Waals surface area contributed by atoms with Gasteiger partial charge in [0.15, 0.2) is 0 Å². The van der Waals surface area contributed by atoms with Gasteiger partial charge in [0.05, 0.1) is 23.0 Å². The van der Waals surface area contributed by atoms with Crippen LogP contribution in [0.3, 0.4) is 0 Å². The number of para-hydroxylation sites is 2. The SMILES string of the molecule is O=C(Cn1c(C(F)(F)F)nc2ccccc21)NCCSCc1ccco1. The Kier molecular flexibility index (Phi) is 5.55. The molecule has 2 aromatic heterocycles. The van der Waals surface area contributed by atoms with E-state index in [-0.39, 0.29) is 11.0 Å². The van der Waals surface area contributed by atoms with Crippen molar-refractivity contribution in [1.29, 1.82) is 0 Å². The molecule has 0 fully saturated rings. The second-order valence-electron chi connectivity index (χ2n) is 5.49. The molecule has 0 saturated carbocycles. The zero-order valence-electron chi connectivity index (χ0n) is 13.6. The molecule has 0 bridgehead atoms. The Morgan fingerprint density at radius 3 is 2.77 bits per heavy atom. The highest BCUT2D eigenvalue weighted by molar-refractivity contribution is 7.98. The van der Waals surface area contributed by atoms with Gasteiger partial charge < -0.3 is 14.3 Å². The van der Waals surface area contributed by atoms with Gasteiger partial charge in [-0.2, -0.15) is 24.9 Å². The second kappa shape index (κ2) is 7.86. The number of nitrogens with zero attached hydrogens (tertiary/aromatic N) is 2. The van der Waals surface area contributed by atoms with Crippen LogP contribution in [0.1, 0.15) is 11.6 Å². The molecule has 0 saturated heterocycles. The van der Waals surface area contributed by atoms with Crippen molar-refractivity contribution in [1.82, 2.24) is 14.9 Å². The van der Waals surface area contributed by atoms with Gasteiger partial charge in [0.1, 0.15) is 12.3 Å². The van der Waals surface area contributed by atoms with Crippen molar-refractivity contribution in [2.45, 2.75) is 18.5 Å². The van der Waals surface area contributed by atoms with Crippen LogP contribution in [-0.2, 0) is 23.3 Å². The van der Waals surface area contributed by atoms with Gasteiger partial charge in [-0.05, 0) is 24.3 Å². The van der Waals surface area contributed by atoms with Gasteiger partial charge in [0, 0.05) is 12.3 Å². The lowest BCUT2D eigenvalue weighted by Gasteiger charge is -2.11. The maximum absolute atomic E-state index is 13.2. The average molecular weight is 383 g/mol. The van der Waals surface area contributed by atoms with Gasteiger partial charge in [-0.3, -0.25) is 4.79 Å². The van der Waals surface area contributed by atoms with E-state index in [1.54, 1.807) is 36.2 Å². The minimum Gasteiger partial charge on any atom is -0.468 e. The smallest absolute Gasteiger partial charge is 0.449 e. The molecule has 5 nitrogen and oxygen atoms in total. The van der Waals surface area contributed by atoms with Crippen LogP contribution in [0.5, 0.6) is 0 Å². The lowest BCUT2D eigenvalue weighted by Crippen LogP contribution is -2.31. The standard InChI is InChI=1S/C17H16F3N3O2S/c18-17(19,20)16-22-13-5-1-2-6-14(13)23(16)10-15(24)21-7-9-26-11-12-4-3-8-25-12/h1-6,8H,7,9-11H2,(H,21,24). The van der Waals surface area contributed by atoms with E-state index in [9.17, 15) is 18.0 Å². The second-order valence-corrected chi connectivity index (χ2v) is 6.60. The van der Waals surface area contributed by atoms with Gasteiger partial charge in [-0.25, -0.2) is 4.98 Å². The number of furan rings is 1. The fourth-order valence-corrected chi connectivity index (χ4v) is 3.24. The Morgan fingerprint density at radius 2 is 2.04 bits per heavy atom. The van der Waals surface area contributed by atoms with E-state index in [1.807, 2.05) is 6.07 Å². The molecule has 1 N–H and O–H groups in total. The zero-order valence-corrected chi connectivity index (χ0v) is 14.4. The molecule has 0 aliphatic rings. The largest absolute Gasteiger partial charge is 0.468 e. The van der Waals surface area contributed by atoms with Crippen molar-refractivity contribution in [2.24, 2.45) is 0 Å². The molecule has 0 radical (unpaired) electrons. The van der Waals surface area contributed by atoms with Crippen molar-refractivity contribution >= 4 is 28.7 Å². The minimum atomic E-state index is -4.63. The number of rotatable bonds is 7. The zero-order chi connectivity index (χ0) is 18.6. The van der Waals surface area contributed by atoms with E-state index < -0.39 is 24.5 Å². The maximum Gasteiger partial charge on any atom is 0.449 e. The summed E-state index contributed by atoms with van der Waals surface area (Å²) >= 11 is 1.56. The molecule has 0 unspecified atom stereocenters. The third-order valence-corrected chi connectivity index (χ3v) is 4.58. The van der Waals surface area contributed by atoms with Crippen LogP contribution in [0.4, 0.5) is 13.2 Å². The van der Waals surface area contributed by atoms with Gasteiger partial charge in [0.25, 0.3) is 0 Å². The number of thioether (sulfide) groups is 1. The molecule has 3 aromatic rings. The summed E-state index contributed by atoms with van der Waals surface area (Å²) in [6.45, 7) is -0.0730. The van der Waals surface area contributed by atoms with E-state index in [1.165, 1.54) is 12.1 Å². The van der Waals surface area contributed by atoms with Gasteiger partial charge in [-0.1, -0.05) is 12.1 Å². The molecule has 0 atom stereocenters. The molecular weight excluding hydrogens is 367 g/mol. The molecule has 9 heteroatoms. The van der Waals surface area contributed by atoms with E-state index in [0.29, 0.717) is 18.1 Å². The number of fused-ring (bicyclic) bond motifs is 1. The fourth-order valence-electron chi connectivity index (χ4n) is 2.48. The lowest BCUT2D eigenvalue weighted by molar-refractivity contribution is -0.147. The Morgan fingerprint density at radius 1 is 1.23 bits per heavy atom. The molecule has 1 aromatic carbocycles. The summed E-state index contributed by atoms with van der Waals surface area (Å²) in [6, 6.07) is 9.88. The summed E-state index contributed by atoms with van der Waals surface area (Å²) in [6.07, 6.45) is -3.04. The molecule has 2 heterocycles. The lowest BCUT2D eigenvalue weighted by atomic mass is 10.3. The third-order valence-electron chi connectivity index (χ3n) is 3.60. The van der Waals surface area contributed by atoms with Crippen LogP contribution in [0.2, 0.25) is 0 Å². The number of benzene rings is 1. The van der Waals surface area contributed by atoms with Crippen LogP contribution in [0.25, 0.3) is 11.0 Å². The highest BCUT2D eigenvalue weighted by atomic mass is 32.2. The van der Waals surface area contributed by atoms with Gasteiger partial charge >= 0.3 is 6.18 Å². The Bertz CT molecular complexity index is 875. The van der Waals surface area contributed by atoms with E-state index in [4.69, 9.17) is 4.42 Å². The molecule has 138 valence electrons. The third kappa shape index (κ3) is 4.40. The van der Waals surface area contributed by atoms with Crippen LogP contribution in [0.15, 0.2) is 47.1 Å². The first-order chi connectivity index (χ1) is 12.4. The van der Waals surface area contributed by atoms with Crippen LogP contribution < -0.4 is 5.32 Å². The summed E-state index contributed by atoms with van der Waals surface area (Å²) in [7, 11) is 0. The topological polar surface area (TPSA) is 60.1 Å². The number of alkyl halides is 3. The van der Waals surface area contributed by atoms with Crippen LogP contribution in [-0.4, -0.2) is 27.8 Å². The van der Waals surface area contributed by atoms with Crippen LogP contribution >= 0.6 is 11.8 Å². The summed E-state index contributed by atoms with van der Waals surface area (Å²) in [5.41, 5.74) is 0.490. The number of halogens is 3. The van der Waals surface area contributed by atoms with Gasteiger partial charge in [-0.15, -0.1) is 0 Å². The number of carbonyl (C=O) groups is 1. The summed E-state index contributed by atoms with van der Waals surface area (Å²) in [5.74, 6) is 0.579. The van der Waals surface area contributed by atoms with Crippen LogP contribution in [0, 0.1) is 0 Å². The highest BCUT2D eigenvalue weighted by Gasteiger charge is 2.37. The highest BCUT2D eigenvalue weighted by Crippen LogP contribution is 2.31. The molecule has 0 aliphatic heterocycles. The summed E-state index contributed by atoms with van der Waals surface area (Å²) in [4.78, 5) is 15.7. The van der Waals surface area contributed by atoms with Crippen molar-refractivity contribution in [2.75, 3.05) is 12.3 Å². The monoisotopic (exact) mass is 383 g/mol. The average Bonchev–Trinajstić information content (AvgIpc) is 3.22. The number of hydrogen-bond acceptors (Lipinski definition) is 4. The quantitative estimate of drug-likeness (QED) is 0.632. The van der Waals surface area contributed by atoms with Crippen molar-refractivity contribution in [3.63, 3.8) is 0 Å². The van der Waals surface area contributed by atoms with Crippen molar-refractivity contribution < 1.29 is 22.4 Å². The Balaban J connectivity index is 1.58. The molecule has 0 aliphatic carbocycles. The Labute approximate surface area is 151 Å². The maximum atomic E-state index is 13.2. The molecular formula is C17H16F3N3O2S. The number of nitrogens with one attached hydrogen (secondary N) is 1. The van der Waals surface area contributed by atoms with E-state index in [0.717, 1.165) is 10.3 Å². The van der Waals surface area contributed by atoms with Crippen molar-refractivity contribution in [3.8, 4) is 0 Å². The molecule has 3 rings (SSSR count). The minimum absolute atomic E-state index is 0.210. The molecule has 0 spiro atoms. The van der Waals surface area contributed by atoms with Crippen molar-refractivity contribution in [3.05, 3.63) is 54.2 Å². The first-order valence-corrected chi connectivity index (χ1v) is 9.00. The predicted molar refractivity (Wildman–Crippen MR) is 92.6 cm³/mol.